The Morgan fingerprint density at radius 1 is 1.25 bits per heavy atom. The van der Waals surface area contributed by atoms with Gasteiger partial charge in [-0.25, -0.2) is 0 Å². The number of nitrogens with zero attached hydrogens (tertiary/aromatic N) is 2. The van der Waals surface area contributed by atoms with Crippen LogP contribution in [0.4, 0.5) is 11.4 Å². The molecule has 2 aromatic rings. The van der Waals surface area contributed by atoms with Crippen LogP contribution >= 0.6 is 11.6 Å². The molecule has 2 rings (SSSR count). The molecule has 0 saturated heterocycles. The van der Waals surface area contributed by atoms with Gasteiger partial charge in [0.05, 0.1) is 21.6 Å². The SMILES string of the molecule is N#Cc1ccc(NCc2ccc([N+](=O)[O-])cc2Cl)cc1. The Kier molecular flexibility index (Phi) is 4.18. The number of nitrogens with one attached hydrogen (secondary N) is 1. The maximum atomic E-state index is 10.6. The van der Waals surface area contributed by atoms with Crippen LogP contribution in [-0.2, 0) is 6.54 Å². The van der Waals surface area contributed by atoms with Crippen molar-refractivity contribution in [2.45, 2.75) is 6.54 Å². The van der Waals surface area contributed by atoms with Gasteiger partial charge in [0.15, 0.2) is 0 Å². The van der Waals surface area contributed by atoms with Crippen LogP contribution in [-0.4, -0.2) is 4.92 Å². The zero-order chi connectivity index (χ0) is 14.5. The van der Waals surface area contributed by atoms with Crippen LogP contribution in [0.1, 0.15) is 11.1 Å². The summed E-state index contributed by atoms with van der Waals surface area (Å²) < 4.78 is 0. The largest absolute Gasteiger partial charge is 0.381 e. The van der Waals surface area contributed by atoms with Crippen molar-refractivity contribution in [1.82, 2.24) is 0 Å². The average molecular weight is 288 g/mol. The third kappa shape index (κ3) is 3.25. The van der Waals surface area contributed by atoms with Gasteiger partial charge in [0.1, 0.15) is 0 Å². The van der Waals surface area contributed by atoms with Gasteiger partial charge in [0.25, 0.3) is 5.69 Å². The second-order valence-corrected chi connectivity index (χ2v) is 4.48. The van der Waals surface area contributed by atoms with Crippen LogP contribution in [0.3, 0.4) is 0 Å². The summed E-state index contributed by atoms with van der Waals surface area (Å²) in [6.07, 6.45) is 0. The van der Waals surface area contributed by atoms with Crippen LogP contribution in [0.25, 0.3) is 0 Å². The highest BCUT2D eigenvalue weighted by atomic mass is 35.5. The first-order valence-electron chi connectivity index (χ1n) is 5.77. The molecular formula is C14H10ClN3O2. The Bertz CT molecular complexity index is 678. The molecule has 20 heavy (non-hydrogen) atoms. The highest BCUT2D eigenvalue weighted by Crippen LogP contribution is 2.23. The fourth-order valence-electron chi connectivity index (χ4n) is 1.65. The number of halogens is 1. The Labute approximate surface area is 120 Å². The van der Waals surface area contributed by atoms with Crippen molar-refractivity contribution in [2.24, 2.45) is 0 Å². The van der Waals surface area contributed by atoms with E-state index in [4.69, 9.17) is 16.9 Å². The third-order valence-corrected chi connectivity index (χ3v) is 3.10. The summed E-state index contributed by atoms with van der Waals surface area (Å²) in [5, 5.41) is 22.8. The standard InChI is InChI=1S/C14H10ClN3O2/c15-14-7-13(18(19)20)6-3-11(14)9-17-12-4-1-10(8-16)2-5-12/h1-7,17H,9H2. The number of rotatable bonds is 4. The Morgan fingerprint density at radius 3 is 2.50 bits per heavy atom. The van der Waals surface area contributed by atoms with Crippen molar-refractivity contribution >= 4 is 23.0 Å². The van der Waals surface area contributed by atoms with E-state index >= 15 is 0 Å². The molecule has 6 heteroatoms. The van der Waals surface area contributed by atoms with Crippen LogP contribution in [0.2, 0.25) is 5.02 Å². The second-order valence-electron chi connectivity index (χ2n) is 4.08. The fraction of sp³-hybridized carbons (Fsp3) is 0.0714. The molecule has 0 aliphatic heterocycles. The van der Waals surface area contributed by atoms with E-state index in [9.17, 15) is 10.1 Å². The summed E-state index contributed by atoms with van der Waals surface area (Å²) >= 11 is 6.00. The van der Waals surface area contributed by atoms with Gasteiger partial charge < -0.3 is 5.32 Å². The van der Waals surface area contributed by atoms with Gasteiger partial charge >= 0.3 is 0 Å². The molecule has 0 radical (unpaired) electrons. The van der Waals surface area contributed by atoms with Gasteiger partial charge in [-0.15, -0.1) is 0 Å². The molecule has 0 fully saturated rings. The summed E-state index contributed by atoms with van der Waals surface area (Å²) in [4.78, 5) is 10.1. The fourth-order valence-corrected chi connectivity index (χ4v) is 1.89. The lowest BCUT2D eigenvalue weighted by atomic mass is 10.2. The first-order valence-corrected chi connectivity index (χ1v) is 6.15. The highest BCUT2D eigenvalue weighted by Gasteiger charge is 2.09. The first-order chi connectivity index (χ1) is 9.60. The minimum Gasteiger partial charge on any atom is -0.381 e. The zero-order valence-electron chi connectivity index (χ0n) is 10.3. The summed E-state index contributed by atoms with van der Waals surface area (Å²) in [7, 11) is 0. The van der Waals surface area contributed by atoms with E-state index < -0.39 is 4.92 Å². The lowest BCUT2D eigenvalue weighted by Crippen LogP contribution is -2.00. The van der Waals surface area contributed by atoms with E-state index in [0.29, 0.717) is 17.1 Å². The van der Waals surface area contributed by atoms with Crippen molar-refractivity contribution in [2.75, 3.05) is 5.32 Å². The Morgan fingerprint density at radius 2 is 1.95 bits per heavy atom. The summed E-state index contributed by atoms with van der Waals surface area (Å²) in [6, 6.07) is 13.4. The minimum absolute atomic E-state index is 0.0304. The number of hydrogen-bond acceptors (Lipinski definition) is 4. The number of benzene rings is 2. The van der Waals surface area contributed by atoms with E-state index in [0.717, 1.165) is 11.3 Å². The van der Waals surface area contributed by atoms with Crippen LogP contribution in [0, 0.1) is 21.4 Å². The molecule has 100 valence electrons. The van der Waals surface area contributed by atoms with E-state index in [1.807, 2.05) is 6.07 Å². The smallest absolute Gasteiger partial charge is 0.270 e. The molecule has 1 N–H and O–H groups in total. The zero-order valence-corrected chi connectivity index (χ0v) is 11.1. The van der Waals surface area contributed by atoms with Crippen molar-refractivity contribution in [3.8, 4) is 6.07 Å². The summed E-state index contributed by atoms with van der Waals surface area (Å²) in [6.45, 7) is 0.447. The molecular weight excluding hydrogens is 278 g/mol. The molecule has 0 aromatic heterocycles. The van der Waals surface area contributed by atoms with Gasteiger partial charge in [-0.1, -0.05) is 11.6 Å². The molecule has 0 bridgehead atoms. The Hall–Kier alpha value is -2.58. The van der Waals surface area contributed by atoms with Gasteiger partial charge in [0, 0.05) is 24.4 Å². The second kappa shape index (κ2) is 6.04. The average Bonchev–Trinajstić information content (AvgIpc) is 2.46. The molecule has 0 heterocycles. The first kappa shape index (κ1) is 13.8. The molecule has 0 saturated carbocycles. The van der Waals surface area contributed by atoms with Crippen molar-refractivity contribution in [3.63, 3.8) is 0 Å². The number of anilines is 1. The molecule has 0 amide bonds. The summed E-state index contributed by atoms with van der Waals surface area (Å²) in [5.74, 6) is 0. The van der Waals surface area contributed by atoms with Crippen molar-refractivity contribution in [1.29, 1.82) is 5.26 Å². The quantitative estimate of drug-likeness (QED) is 0.686. The number of non-ortho nitro benzene ring substituents is 1. The molecule has 0 spiro atoms. The molecule has 0 aliphatic rings. The maximum absolute atomic E-state index is 10.6. The number of nitro benzene ring substituents is 1. The molecule has 2 aromatic carbocycles. The molecule has 0 aliphatic carbocycles. The van der Waals surface area contributed by atoms with Crippen LogP contribution in [0.15, 0.2) is 42.5 Å². The predicted molar refractivity (Wildman–Crippen MR) is 76.6 cm³/mol. The monoisotopic (exact) mass is 287 g/mol. The van der Waals surface area contributed by atoms with Crippen molar-refractivity contribution < 1.29 is 4.92 Å². The lowest BCUT2D eigenvalue weighted by molar-refractivity contribution is -0.384. The summed E-state index contributed by atoms with van der Waals surface area (Å²) in [5.41, 5.74) is 2.17. The topological polar surface area (TPSA) is 79.0 Å². The van der Waals surface area contributed by atoms with Gasteiger partial charge in [0.2, 0.25) is 0 Å². The lowest BCUT2D eigenvalue weighted by Gasteiger charge is -2.08. The van der Waals surface area contributed by atoms with E-state index in [2.05, 4.69) is 5.32 Å². The number of nitro groups is 1. The van der Waals surface area contributed by atoms with Crippen LogP contribution < -0.4 is 5.32 Å². The normalized spacial score (nSPS) is 9.80. The van der Waals surface area contributed by atoms with E-state index in [-0.39, 0.29) is 5.69 Å². The number of nitriles is 1. The highest BCUT2D eigenvalue weighted by molar-refractivity contribution is 6.31. The predicted octanol–water partition coefficient (Wildman–Crippen LogP) is 3.73. The Balaban J connectivity index is 2.07. The third-order valence-electron chi connectivity index (χ3n) is 2.74. The molecule has 0 unspecified atom stereocenters. The van der Waals surface area contributed by atoms with E-state index in [1.165, 1.54) is 12.1 Å². The van der Waals surface area contributed by atoms with Crippen LogP contribution in [0.5, 0.6) is 0 Å². The molecule has 0 atom stereocenters. The van der Waals surface area contributed by atoms with Crippen molar-refractivity contribution in [3.05, 3.63) is 68.7 Å². The van der Waals surface area contributed by atoms with Gasteiger partial charge in [-0.3, -0.25) is 10.1 Å². The minimum atomic E-state index is -0.482. The number of hydrogen-bond donors (Lipinski definition) is 1. The van der Waals surface area contributed by atoms with Gasteiger partial charge in [-0.05, 0) is 35.9 Å². The molecule has 5 nitrogen and oxygen atoms in total. The van der Waals surface area contributed by atoms with Gasteiger partial charge in [-0.2, -0.15) is 5.26 Å². The maximum Gasteiger partial charge on any atom is 0.270 e. The van der Waals surface area contributed by atoms with E-state index in [1.54, 1.807) is 30.3 Å².